The zero-order valence-electron chi connectivity index (χ0n) is 12.8. The van der Waals surface area contributed by atoms with E-state index < -0.39 is 0 Å². The molecule has 112 valence electrons. The van der Waals surface area contributed by atoms with Crippen molar-refractivity contribution in [2.45, 2.75) is 26.7 Å². The third kappa shape index (κ3) is 3.24. The van der Waals surface area contributed by atoms with Crippen LogP contribution in [0.4, 0.5) is 0 Å². The molecule has 0 unspecified atom stereocenters. The fourth-order valence-corrected chi connectivity index (χ4v) is 2.34. The Bertz CT molecular complexity index is 630. The van der Waals surface area contributed by atoms with Crippen molar-refractivity contribution in [3.05, 3.63) is 41.2 Å². The molecule has 0 aliphatic heterocycles. The highest BCUT2D eigenvalue weighted by atomic mass is 16.5. The van der Waals surface area contributed by atoms with Gasteiger partial charge < -0.3 is 9.47 Å². The maximum atomic E-state index is 11.3. The van der Waals surface area contributed by atoms with Crippen molar-refractivity contribution in [2.75, 3.05) is 14.2 Å². The molecule has 0 saturated carbocycles. The second-order valence-corrected chi connectivity index (χ2v) is 4.84. The van der Waals surface area contributed by atoms with E-state index in [9.17, 15) is 4.79 Å². The molecule has 0 saturated heterocycles. The van der Waals surface area contributed by atoms with Gasteiger partial charge in [-0.05, 0) is 50.1 Å². The average molecular weight is 288 g/mol. The summed E-state index contributed by atoms with van der Waals surface area (Å²) in [4.78, 5) is 11.3. The van der Waals surface area contributed by atoms with Crippen molar-refractivity contribution in [3.8, 4) is 11.4 Å². The summed E-state index contributed by atoms with van der Waals surface area (Å²) in [6.07, 6.45) is 1.01. The van der Waals surface area contributed by atoms with Gasteiger partial charge in [-0.3, -0.25) is 4.79 Å². The van der Waals surface area contributed by atoms with Crippen LogP contribution in [-0.4, -0.2) is 30.0 Å². The first-order valence-corrected chi connectivity index (χ1v) is 6.83. The zero-order valence-corrected chi connectivity index (χ0v) is 12.8. The Morgan fingerprint density at radius 3 is 2.43 bits per heavy atom. The van der Waals surface area contributed by atoms with Gasteiger partial charge in [0.2, 0.25) is 0 Å². The lowest BCUT2D eigenvalue weighted by Gasteiger charge is -2.06. The molecule has 1 aromatic carbocycles. The number of aryl methyl sites for hydroxylation is 1. The van der Waals surface area contributed by atoms with Gasteiger partial charge in [0.1, 0.15) is 5.75 Å². The van der Waals surface area contributed by atoms with Gasteiger partial charge in [-0.15, -0.1) is 0 Å². The third-order valence-electron chi connectivity index (χ3n) is 3.56. The van der Waals surface area contributed by atoms with Crippen LogP contribution in [0, 0.1) is 13.8 Å². The number of carbonyl (C=O) groups excluding carboxylic acids is 1. The monoisotopic (exact) mass is 288 g/mol. The number of hydrogen-bond acceptors (Lipinski definition) is 4. The van der Waals surface area contributed by atoms with E-state index >= 15 is 0 Å². The normalized spacial score (nSPS) is 10.5. The maximum absolute atomic E-state index is 11.3. The van der Waals surface area contributed by atoms with Gasteiger partial charge in [0.15, 0.2) is 0 Å². The topological polar surface area (TPSA) is 53.3 Å². The quantitative estimate of drug-likeness (QED) is 0.794. The summed E-state index contributed by atoms with van der Waals surface area (Å²) < 4.78 is 11.7. The minimum absolute atomic E-state index is 0.203. The standard InChI is InChI=1S/C16H20N2O3/c1-11-15(9-10-16(19)21-4)12(2)18(17-11)13-5-7-14(20-3)8-6-13/h5-8H,9-10H2,1-4H3. The molecular weight excluding hydrogens is 268 g/mol. The number of nitrogens with zero attached hydrogens (tertiary/aromatic N) is 2. The van der Waals surface area contributed by atoms with Gasteiger partial charge >= 0.3 is 5.97 Å². The Hall–Kier alpha value is -2.30. The zero-order chi connectivity index (χ0) is 15.4. The minimum atomic E-state index is -0.203. The summed E-state index contributed by atoms with van der Waals surface area (Å²) in [5.41, 5.74) is 4.05. The number of ether oxygens (including phenoxy) is 2. The highest BCUT2D eigenvalue weighted by molar-refractivity contribution is 5.69. The average Bonchev–Trinajstić information content (AvgIpc) is 2.79. The van der Waals surface area contributed by atoms with Crippen LogP contribution >= 0.6 is 0 Å². The van der Waals surface area contributed by atoms with Gasteiger partial charge in [0.25, 0.3) is 0 Å². The molecule has 0 amide bonds. The van der Waals surface area contributed by atoms with Crippen LogP contribution in [0.2, 0.25) is 0 Å². The first kappa shape index (κ1) is 15.1. The molecule has 1 aromatic heterocycles. The molecular formula is C16H20N2O3. The molecule has 0 N–H and O–H groups in total. The molecule has 2 rings (SSSR count). The van der Waals surface area contributed by atoms with Crippen LogP contribution in [-0.2, 0) is 16.0 Å². The summed E-state index contributed by atoms with van der Waals surface area (Å²) in [7, 11) is 3.05. The number of esters is 1. The molecule has 0 aliphatic carbocycles. The van der Waals surface area contributed by atoms with Gasteiger partial charge in [0.05, 0.1) is 25.6 Å². The van der Waals surface area contributed by atoms with Crippen LogP contribution in [0.1, 0.15) is 23.4 Å². The summed E-state index contributed by atoms with van der Waals surface area (Å²) in [6.45, 7) is 3.97. The first-order valence-electron chi connectivity index (χ1n) is 6.83. The molecule has 0 aliphatic rings. The predicted octanol–water partition coefficient (Wildman–Crippen LogP) is 2.60. The van der Waals surface area contributed by atoms with Gasteiger partial charge in [-0.25, -0.2) is 4.68 Å². The van der Waals surface area contributed by atoms with E-state index in [4.69, 9.17) is 4.74 Å². The molecule has 0 fully saturated rings. The Morgan fingerprint density at radius 1 is 1.19 bits per heavy atom. The summed E-state index contributed by atoms with van der Waals surface area (Å²) in [6, 6.07) is 7.73. The molecule has 0 bridgehead atoms. The molecule has 1 heterocycles. The van der Waals surface area contributed by atoms with Gasteiger partial charge in [-0.1, -0.05) is 0 Å². The van der Waals surface area contributed by atoms with Crippen molar-refractivity contribution >= 4 is 5.97 Å². The number of methoxy groups -OCH3 is 2. The molecule has 5 heteroatoms. The van der Waals surface area contributed by atoms with Crippen molar-refractivity contribution in [1.29, 1.82) is 0 Å². The largest absolute Gasteiger partial charge is 0.497 e. The number of rotatable bonds is 5. The lowest BCUT2D eigenvalue weighted by molar-refractivity contribution is -0.140. The predicted molar refractivity (Wildman–Crippen MR) is 79.9 cm³/mol. The smallest absolute Gasteiger partial charge is 0.305 e. The Labute approximate surface area is 124 Å². The lowest BCUT2D eigenvalue weighted by Crippen LogP contribution is -2.03. The van der Waals surface area contributed by atoms with E-state index in [0.29, 0.717) is 12.8 Å². The molecule has 21 heavy (non-hydrogen) atoms. The van der Waals surface area contributed by atoms with Crippen LogP contribution in [0.5, 0.6) is 5.75 Å². The highest BCUT2D eigenvalue weighted by Gasteiger charge is 2.14. The highest BCUT2D eigenvalue weighted by Crippen LogP contribution is 2.21. The fourth-order valence-electron chi connectivity index (χ4n) is 2.34. The SMILES string of the molecule is COC(=O)CCc1c(C)nn(-c2ccc(OC)cc2)c1C. The van der Waals surface area contributed by atoms with Gasteiger partial charge in [0, 0.05) is 12.1 Å². The lowest BCUT2D eigenvalue weighted by atomic mass is 10.1. The van der Waals surface area contributed by atoms with Crippen LogP contribution in [0.15, 0.2) is 24.3 Å². The number of carbonyl (C=O) groups is 1. The summed E-state index contributed by atoms with van der Waals surface area (Å²) in [5.74, 6) is 0.609. The van der Waals surface area contributed by atoms with E-state index in [1.165, 1.54) is 7.11 Å². The summed E-state index contributed by atoms with van der Waals surface area (Å²) in [5, 5.41) is 4.56. The van der Waals surface area contributed by atoms with E-state index in [1.807, 2.05) is 42.8 Å². The molecule has 0 atom stereocenters. The van der Waals surface area contributed by atoms with E-state index in [-0.39, 0.29) is 5.97 Å². The molecule has 0 radical (unpaired) electrons. The van der Waals surface area contributed by atoms with Crippen molar-refractivity contribution in [1.82, 2.24) is 9.78 Å². The number of aromatic nitrogens is 2. The fraction of sp³-hybridized carbons (Fsp3) is 0.375. The second-order valence-electron chi connectivity index (χ2n) is 4.84. The van der Waals surface area contributed by atoms with Crippen LogP contribution < -0.4 is 4.74 Å². The molecule has 0 spiro atoms. The van der Waals surface area contributed by atoms with Crippen molar-refractivity contribution in [2.24, 2.45) is 0 Å². The third-order valence-corrected chi connectivity index (χ3v) is 3.56. The Kier molecular flexibility index (Phi) is 4.62. The van der Waals surface area contributed by atoms with Gasteiger partial charge in [-0.2, -0.15) is 5.10 Å². The van der Waals surface area contributed by atoms with E-state index in [2.05, 4.69) is 9.84 Å². The van der Waals surface area contributed by atoms with Crippen LogP contribution in [0.25, 0.3) is 5.69 Å². The number of benzene rings is 1. The van der Waals surface area contributed by atoms with Crippen molar-refractivity contribution in [3.63, 3.8) is 0 Å². The molecule has 5 nitrogen and oxygen atoms in total. The first-order chi connectivity index (χ1) is 10.1. The summed E-state index contributed by atoms with van der Waals surface area (Å²) >= 11 is 0. The maximum Gasteiger partial charge on any atom is 0.305 e. The van der Waals surface area contributed by atoms with E-state index in [1.54, 1.807) is 7.11 Å². The van der Waals surface area contributed by atoms with Crippen molar-refractivity contribution < 1.29 is 14.3 Å². The molecule has 2 aromatic rings. The Morgan fingerprint density at radius 2 is 1.86 bits per heavy atom. The van der Waals surface area contributed by atoms with Crippen LogP contribution in [0.3, 0.4) is 0 Å². The minimum Gasteiger partial charge on any atom is -0.497 e. The second kappa shape index (κ2) is 6.43. The Balaban J connectivity index is 2.27. The number of hydrogen-bond donors (Lipinski definition) is 0. The van der Waals surface area contributed by atoms with E-state index in [0.717, 1.165) is 28.4 Å².